The third-order valence-electron chi connectivity index (χ3n) is 4.52. The molecule has 2 aromatic heterocycles. The number of carbonyl (C=O) groups excluding carboxylic acids is 2. The van der Waals surface area contributed by atoms with E-state index in [1.54, 1.807) is 0 Å². The van der Waals surface area contributed by atoms with Crippen LogP contribution in [0.25, 0.3) is 11.3 Å². The van der Waals surface area contributed by atoms with Crippen molar-refractivity contribution in [3.63, 3.8) is 0 Å². The van der Waals surface area contributed by atoms with Crippen LogP contribution in [-0.2, 0) is 4.79 Å². The molecule has 1 aromatic carbocycles. The van der Waals surface area contributed by atoms with Crippen molar-refractivity contribution in [1.29, 1.82) is 0 Å². The van der Waals surface area contributed by atoms with E-state index in [1.807, 2.05) is 0 Å². The molecule has 0 saturated heterocycles. The van der Waals surface area contributed by atoms with Crippen LogP contribution in [0.2, 0.25) is 5.02 Å². The predicted molar refractivity (Wildman–Crippen MR) is 107 cm³/mol. The summed E-state index contributed by atoms with van der Waals surface area (Å²) >= 11 is 6.13. The van der Waals surface area contributed by atoms with E-state index in [2.05, 4.69) is 20.3 Å². The van der Waals surface area contributed by atoms with Gasteiger partial charge in [-0.25, -0.2) is 23.7 Å². The molecule has 0 unspecified atom stereocenters. The average Bonchev–Trinajstić information content (AvgIpc) is 2.86. The van der Waals surface area contributed by atoms with Gasteiger partial charge in [0.15, 0.2) is 11.6 Å². The Morgan fingerprint density at radius 1 is 1.19 bits per heavy atom. The summed E-state index contributed by atoms with van der Waals surface area (Å²) in [7, 11) is 1.44. The molecule has 0 fully saturated rings. The van der Waals surface area contributed by atoms with Gasteiger partial charge in [-0.3, -0.25) is 14.5 Å². The number of benzene rings is 1. The highest BCUT2D eigenvalue weighted by molar-refractivity contribution is 6.32. The first-order chi connectivity index (χ1) is 14.8. The number of halogens is 3. The molecule has 1 N–H and O–H groups in total. The standard InChI is InChI=1S/C20H14ClF2N5O3/c1-28-18-15(6-12(23)7-25-18)31-9-14(20(28)30)26-19(29)17-24-8-13(21)16(27-17)10-2-4-11(22)5-3-10/h2-8,14H,9H2,1H3,(H,26,29)/t14-/m0/s1. The number of aromatic nitrogens is 3. The molecule has 158 valence electrons. The van der Waals surface area contributed by atoms with Crippen LogP contribution in [0.15, 0.2) is 42.7 Å². The summed E-state index contributed by atoms with van der Waals surface area (Å²) in [5.74, 6) is -2.36. The highest BCUT2D eigenvalue weighted by Crippen LogP contribution is 2.29. The van der Waals surface area contributed by atoms with E-state index in [0.717, 1.165) is 12.3 Å². The molecule has 0 saturated carbocycles. The number of nitrogens with zero attached hydrogens (tertiary/aromatic N) is 4. The van der Waals surface area contributed by atoms with E-state index >= 15 is 0 Å². The Morgan fingerprint density at radius 3 is 2.68 bits per heavy atom. The van der Waals surface area contributed by atoms with Gasteiger partial charge in [-0.2, -0.15) is 0 Å². The zero-order valence-corrected chi connectivity index (χ0v) is 16.7. The number of rotatable bonds is 3. The van der Waals surface area contributed by atoms with Gasteiger partial charge >= 0.3 is 0 Å². The summed E-state index contributed by atoms with van der Waals surface area (Å²) in [5.41, 5.74) is 0.717. The Kier molecular flexibility index (Phi) is 5.47. The maximum Gasteiger partial charge on any atom is 0.289 e. The molecular formula is C20H14ClF2N5O3. The Hall–Kier alpha value is -3.66. The minimum absolute atomic E-state index is 0.0777. The fourth-order valence-electron chi connectivity index (χ4n) is 2.97. The van der Waals surface area contributed by atoms with Gasteiger partial charge in [-0.05, 0) is 24.3 Å². The van der Waals surface area contributed by atoms with Crippen molar-refractivity contribution in [1.82, 2.24) is 20.3 Å². The van der Waals surface area contributed by atoms with Gasteiger partial charge in [0, 0.05) is 18.7 Å². The van der Waals surface area contributed by atoms with Crippen LogP contribution < -0.4 is 15.0 Å². The van der Waals surface area contributed by atoms with Crippen LogP contribution in [0, 0.1) is 11.6 Å². The summed E-state index contributed by atoms with van der Waals surface area (Å²) < 4.78 is 32.1. The topological polar surface area (TPSA) is 97.3 Å². The molecule has 2 amide bonds. The van der Waals surface area contributed by atoms with Crippen LogP contribution in [0.1, 0.15) is 10.6 Å². The Labute approximate surface area is 179 Å². The summed E-state index contributed by atoms with van der Waals surface area (Å²) in [5, 5.41) is 2.67. The minimum Gasteiger partial charge on any atom is -0.487 e. The lowest BCUT2D eigenvalue weighted by atomic mass is 10.1. The highest BCUT2D eigenvalue weighted by atomic mass is 35.5. The second kappa shape index (κ2) is 8.23. The smallest absolute Gasteiger partial charge is 0.289 e. The van der Waals surface area contributed by atoms with Crippen molar-refractivity contribution < 1.29 is 23.1 Å². The fraction of sp³-hybridized carbons (Fsp3) is 0.150. The van der Waals surface area contributed by atoms with Gasteiger partial charge < -0.3 is 10.1 Å². The van der Waals surface area contributed by atoms with Gasteiger partial charge in [0.05, 0.1) is 23.1 Å². The molecule has 31 heavy (non-hydrogen) atoms. The van der Waals surface area contributed by atoms with Crippen molar-refractivity contribution in [3.8, 4) is 17.0 Å². The van der Waals surface area contributed by atoms with Gasteiger partial charge in [0.25, 0.3) is 11.8 Å². The van der Waals surface area contributed by atoms with Crippen molar-refractivity contribution >= 4 is 29.2 Å². The molecule has 3 aromatic rings. The number of amides is 2. The van der Waals surface area contributed by atoms with E-state index in [-0.39, 0.29) is 34.7 Å². The molecule has 0 bridgehead atoms. The maximum atomic E-state index is 13.4. The lowest BCUT2D eigenvalue weighted by Crippen LogP contribution is -2.49. The van der Waals surface area contributed by atoms with Crippen molar-refractivity contribution in [2.24, 2.45) is 0 Å². The number of likely N-dealkylation sites (N-methyl/N-ethyl adjacent to an activating group) is 1. The number of hydrogen-bond acceptors (Lipinski definition) is 6. The monoisotopic (exact) mass is 445 g/mol. The number of anilines is 1. The lowest BCUT2D eigenvalue weighted by Gasteiger charge is -2.19. The number of hydrogen-bond donors (Lipinski definition) is 1. The molecule has 0 aliphatic carbocycles. The molecule has 0 spiro atoms. The molecular weight excluding hydrogens is 432 g/mol. The van der Waals surface area contributed by atoms with Gasteiger partial charge in [0.2, 0.25) is 5.82 Å². The van der Waals surface area contributed by atoms with E-state index in [4.69, 9.17) is 16.3 Å². The van der Waals surface area contributed by atoms with Crippen LogP contribution in [0.4, 0.5) is 14.6 Å². The number of fused-ring (bicyclic) bond motifs is 1. The van der Waals surface area contributed by atoms with Crippen LogP contribution in [0.5, 0.6) is 5.75 Å². The third-order valence-corrected chi connectivity index (χ3v) is 4.80. The third kappa shape index (κ3) is 4.15. The van der Waals surface area contributed by atoms with Gasteiger partial charge in [-0.15, -0.1) is 0 Å². The first kappa shape index (κ1) is 20.6. The predicted octanol–water partition coefficient (Wildman–Crippen LogP) is 2.62. The average molecular weight is 446 g/mol. The SMILES string of the molecule is CN1C(=O)[C@@H](NC(=O)c2ncc(Cl)c(-c3ccc(F)cc3)n2)COc2cc(F)cnc21. The summed E-state index contributed by atoms with van der Waals surface area (Å²) in [6, 6.07) is 5.41. The Bertz CT molecular complexity index is 1180. The number of carbonyl (C=O) groups is 2. The maximum absolute atomic E-state index is 13.4. The Morgan fingerprint density at radius 2 is 1.94 bits per heavy atom. The van der Waals surface area contributed by atoms with Gasteiger partial charge in [-0.1, -0.05) is 11.6 Å². The zero-order valence-electron chi connectivity index (χ0n) is 16.0. The molecule has 0 radical (unpaired) electrons. The number of nitrogens with one attached hydrogen (secondary N) is 1. The summed E-state index contributed by atoms with van der Waals surface area (Å²) in [6.07, 6.45) is 2.20. The van der Waals surface area contributed by atoms with Crippen LogP contribution >= 0.6 is 11.6 Å². The van der Waals surface area contributed by atoms with Gasteiger partial charge in [0.1, 0.15) is 24.3 Å². The molecule has 1 aliphatic rings. The molecule has 1 aliphatic heterocycles. The van der Waals surface area contributed by atoms with Crippen molar-refractivity contribution in [3.05, 3.63) is 65.2 Å². The highest BCUT2D eigenvalue weighted by Gasteiger charge is 2.32. The minimum atomic E-state index is -1.09. The largest absolute Gasteiger partial charge is 0.487 e. The lowest BCUT2D eigenvalue weighted by molar-refractivity contribution is -0.120. The number of pyridine rings is 1. The quantitative estimate of drug-likeness (QED) is 0.665. The molecule has 11 heteroatoms. The van der Waals surface area contributed by atoms with Crippen molar-refractivity contribution in [2.45, 2.75) is 6.04 Å². The number of ether oxygens (including phenoxy) is 1. The fourth-order valence-corrected chi connectivity index (χ4v) is 3.17. The van der Waals surface area contributed by atoms with E-state index in [0.29, 0.717) is 5.56 Å². The van der Waals surface area contributed by atoms with E-state index in [1.165, 1.54) is 42.4 Å². The first-order valence-corrected chi connectivity index (χ1v) is 9.36. The molecule has 8 nitrogen and oxygen atoms in total. The first-order valence-electron chi connectivity index (χ1n) is 8.98. The molecule has 4 rings (SSSR count). The van der Waals surface area contributed by atoms with E-state index < -0.39 is 29.5 Å². The summed E-state index contributed by atoms with van der Waals surface area (Å²) in [4.78, 5) is 38.5. The zero-order chi connectivity index (χ0) is 22.1. The normalized spacial score (nSPS) is 15.7. The summed E-state index contributed by atoms with van der Waals surface area (Å²) in [6.45, 7) is -0.245. The van der Waals surface area contributed by atoms with Crippen LogP contribution in [0.3, 0.4) is 0 Å². The molecule has 3 heterocycles. The van der Waals surface area contributed by atoms with Crippen molar-refractivity contribution in [2.75, 3.05) is 18.6 Å². The molecule has 1 atom stereocenters. The second-order valence-corrected chi connectivity index (χ2v) is 7.01. The Balaban J connectivity index is 1.56. The van der Waals surface area contributed by atoms with E-state index in [9.17, 15) is 18.4 Å². The van der Waals surface area contributed by atoms with Crippen LogP contribution in [-0.4, -0.2) is 46.5 Å². The second-order valence-electron chi connectivity index (χ2n) is 6.61.